The quantitative estimate of drug-likeness (QED) is 0.317. The van der Waals surface area contributed by atoms with Gasteiger partial charge in [0, 0.05) is 42.9 Å². The number of rotatable bonds is 11. The number of sulfonamides is 1. The third-order valence-electron chi connectivity index (χ3n) is 6.12. The molecule has 38 heavy (non-hydrogen) atoms. The summed E-state index contributed by atoms with van der Waals surface area (Å²) in [6, 6.07) is 13.0. The predicted octanol–water partition coefficient (Wildman–Crippen LogP) is 5.17. The van der Waals surface area contributed by atoms with Crippen molar-refractivity contribution in [2.24, 2.45) is 0 Å². The van der Waals surface area contributed by atoms with Crippen LogP contribution < -0.4 is 15.4 Å². The SMILES string of the molecule is CC(C)NC(=O)N(CCCCNS(=O)(=O)c1ccc(Cl)cc1Cl)CC1CCCN1C(=O)Nc1ccccc1. The Morgan fingerprint density at radius 2 is 1.84 bits per heavy atom. The van der Waals surface area contributed by atoms with Crippen LogP contribution in [0.3, 0.4) is 0 Å². The van der Waals surface area contributed by atoms with E-state index in [4.69, 9.17) is 23.2 Å². The summed E-state index contributed by atoms with van der Waals surface area (Å²) >= 11 is 11.9. The Bertz CT molecular complexity index is 1200. The number of carbonyl (C=O) groups excluding carboxylic acids is 2. The zero-order valence-corrected chi connectivity index (χ0v) is 24.0. The second kappa shape index (κ2) is 14.0. The first kappa shape index (κ1) is 30.0. The smallest absolute Gasteiger partial charge is 0.322 e. The van der Waals surface area contributed by atoms with Crippen LogP contribution in [0.15, 0.2) is 53.4 Å². The standard InChI is InChI=1S/C26H35Cl2N5O4S/c1-19(2)30-25(34)32(15-7-6-14-29-38(36,37)24-13-12-20(27)17-23(24)28)18-22-11-8-16-33(22)26(35)31-21-9-4-3-5-10-21/h3-5,9-10,12-13,17,19,22,29H,6-8,11,14-16,18H2,1-2H3,(H,30,34)(H,31,35). The molecule has 1 aliphatic rings. The maximum Gasteiger partial charge on any atom is 0.322 e. The van der Waals surface area contributed by atoms with Crippen molar-refractivity contribution in [1.29, 1.82) is 0 Å². The molecule has 3 N–H and O–H groups in total. The lowest BCUT2D eigenvalue weighted by molar-refractivity contribution is 0.166. The van der Waals surface area contributed by atoms with E-state index in [0.29, 0.717) is 37.5 Å². The molecule has 1 aliphatic heterocycles. The van der Waals surface area contributed by atoms with Crippen LogP contribution >= 0.6 is 23.2 Å². The number of halogens is 2. The van der Waals surface area contributed by atoms with Crippen molar-refractivity contribution in [3.05, 3.63) is 58.6 Å². The van der Waals surface area contributed by atoms with Gasteiger partial charge in [0.25, 0.3) is 0 Å². The topological polar surface area (TPSA) is 111 Å². The first-order chi connectivity index (χ1) is 18.1. The van der Waals surface area contributed by atoms with Gasteiger partial charge in [-0.05, 0) is 69.9 Å². The highest BCUT2D eigenvalue weighted by atomic mass is 35.5. The fourth-order valence-electron chi connectivity index (χ4n) is 4.28. The lowest BCUT2D eigenvalue weighted by atomic mass is 10.2. The Balaban J connectivity index is 1.55. The number of hydrogen-bond acceptors (Lipinski definition) is 4. The number of likely N-dealkylation sites (tertiary alicyclic amines) is 1. The van der Waals surface area contributed by atoms with Crippen LogP contribution in [0.5, 0.6) is 0 Å². The van der Waals surface area contributed by atoms with Gasteiger partial charge in [0.15, 0.2) is 0 Å². The first-order valence-electron chi connectivity index (χ1n) is 12.7. The van der Waals surface area contributed by atoms with E-state index < -0.39 is 10.0 Å². The summed E-state index contributed by atoms with van der Waals surface area (Å²) in [6.07, 6.45) is 2.75. The largest absolute Gasteiger partial charge is 0.336 e. The molecule has 1 atom stereocenters. The third kappa shape index (κ3) is 8.76. The summed E-state index contributed by atoms with van der Waals surface area (Å²) < 4.78 is 27.7. The highest BCUT2D eigenvalue weighted by Gasteiger charge is 2.31. The van der Waals surface area contributed by atoms with Crippen LogP contribution in [0.25, 0.3) is 0 Å². The van der Waals surface area contributed by atoms with Gasteiger partial charge in [0.05, 0.1) is 11.1 Å². The number of anilines is 1. The fraction of sp³-hybridized carbons (Fsp3) is 0.462. The van der Waals surface area contributed by atoms with E-state index in [1.165, 1.54) is 18.2 Å². The van der Waals surface area contributed by atoms with Crippen molar-refractivity contribution < 1.29 is 18.0 Å². The van der Waals surface area contributed by atoms with Gasteiger partial charge >= 0.3 is 12.1 Å². The van der Waals surface area contributed by atoms with E-state index in [2.05, 4.69) is 15.4 Å². The van der Waals surface area contributed by atoms with Gasteiger partial charge in [-0.25, -0.2) is 22.7 Å². The van der Waals surface area contributed by atoms with Gasteiger partial charge in [-0.1, -0.05) is 41.4 Å². The summed E-state index contributed by atoms with van der Waals surface area (Å²) in [6.45, 7) is 5.41. The van der Waals surface area contributed by atoms with Crippen molar-refractivity contribution in [3.63, 3.8) is 0 Å². The monoisotopic (exact) mass is 583 g/mol. The zero-order valence-electron chi connectivity index (χ0n) is 21.6. The van der Waals surface area contributed by atoms with Crippen LogP contribution in [0.2, 0.25) is 10.0 Å². The molecule has 2 aromatic carbocycles. The van der Waals surface area contributed by atoms with E-state index in [-0.39, 0.29) is 40.6 Å². The van der Waals surface area contributed by atoms with E-state index in [0.717, 1.165) is 18.5 Å². The van der Waals surface area contributed by atoms with Crippen molar-refractivity contribution in [3.8, 4) is 0 Å². The minimum atomic E-state index is -3.79. The van der Waals surface area contributed by atoms with E-state index in [9.17, 15) is 18.0 Å². The number of para-hydroxylation sites is 1. The number of nitrogens with zero attached hydrogens (tertiary/aromatic N) is 2. The zero-order chi connectivity index (χ0) is 27.7. The summed E-state index contributed by atoms with van der Waals surface area (Å²) in [5, 5.41) is 6.27. The maximum absolute atomic E-state index is 12.9. The maximum atomic E-state index is 12.9. The third-order valence-corrected chi connectivity index (χ3v) is 8.30. The molecule has 0 aliphatic carbocycles. The molecule has 0 aromatic heterocycles. The molecule has 1 heterocycles. The second-order valence-corrected chi connectivity index (χ2v) is 12.1. The van der Waals surface area contributed by atoms with E-state index in [1.54, 1.807) is 9.80 Å². The summed E-state index contributed by atoms with van der Waals surface area (Å²) in [4.78, 5) is 29.3. The highest BCUT2D eigenvalue weighted by Crippen LogP contribution is 2.25. The molecule has 3 rings (SSSR count). The average molecular weight is 585 g/mol. The van der Waals surface area contributed by atoms with Gasteiger partial charge in [-0.2, -0.15) is 0 Å². The Kier molecular flexibility index (Phi) is 11.1. The number of nitrogens with one attached hydrogen (secondary N) is 3. The molecule has 1 saturated heterocycles. The number of benzene rings is 2. The van der Waals surface area contributed by atoms with E-state index >= 15 is 0 Å². The number of amides is 4. The first-order valence-corrected chi connectivity index (χ1v) is 14.9. The predicted molar refractivity (Wildman–Crippen MR) is 151 cm³/mol. The molecule has 0 radical (unpaired) electrons. The normalized spacial score (nSPS) is 15.5. The molecule has 208 valence electrons. The summed E-state index contributed by atoms with van der Waals surface area (Å²) in [5.74, 6) is 0. The lowest BCUT2D eigenvalue weighted by Crippen LogP contribution is -2.50. The minimum Gasteiger partial charge on any atom is -0.336 e. The van der Waals surface area contributed by atoms with Gasteiger partial charge in [-0.3, -0.25) is 0 Å². The van der Waals surface area contributed by atoms with Crippen molar-refractivity contribution in [2.45, 2.75) is 56.5 Å². The minimum absolute atomic E-state index is 0.0309. The van der Waals surface area contributed by atoms with Gasteiger partial charge in [-0.15, -0.1) is 0 Å². The Morgan fingerprint density at radius 1 is 1.11 bits per heavy atom. The second-order valence-electron chi connectivity index (χ2n) is 9.52. The Morgan fingerprint density at radius 3 is 2.53 bits per heavy atom. The van der Waals surface area contributed by atoms with Crippen LogP contribution in [0, 0.1) is 0 Å². The van der Waals surface area contributed by atoms with Crippen molar-refractivity contribution >= 4 is 51.0 Å². The summed E-state index contributed by atoms with van der Waals surface area (Å²) in [5.41, 5.74) is 0.722. The molecular formula is C26H35Cl2N5O4S. The molecule has 0 spiro atoms. The summed E-state index contributed by atoms with van der Waals surface area (Å²) in [7, 11) is -3.79. The Hall–Kier alpha value is -2.53. The number of unbranched alkanes of at least 4 members (excludes halogenated alkanes) is 1. The molecule has 9 nitrogen and oxygen atoms in total. The molecule has 0 bridgehead atoms. The number of hydrogen-bond donors (Lipinski definition) is 3. The van der Waals surface area contributed by atoms with Crippen LogP contribution in [0.1, 0.15) is 39.5 Å². The number of urea groups is 2. The van der Waals surface area contributed by atoms with Crippen LogP contribution in [-0.2, 0) is 10.0 Å². The van der Waals surface area contributed by atoms with E-state index in [1.807, 2.05) is 44.2 Å². The average Bonchev–Trinajstić information content (AvgIpc) is 3.31. The molecular weight excluding hydrogens is 549 g/mol. The molecule has 1 unspecified atom stereocenters. The molecule has 1 fully saturated rings. The van der Waals surface area contributed by atoms with Crippen molar-refractivity contribution in [1.82, 2.24) is 19.8 Å². The molecule has 2 aromatic rings. The Labute approximate surface area is 234 Å². The highest BCUT2D eigenvalue weighted by molar-refractivity contribution is 7.89. The molecule has 4 amide bonds. The van der Waals surface area contributed by atoms with Gasteiger partial charge in [0.2, 0.25) is 10.0 Å². The lowest BCUT2D eigenvalue weighted by Gasteiger charge is -2.31. The van der Waals surface area contributed by atoms with Crippen LogP contribution in [-0.4, -0.2) is 68.5 Å². The number of carbonyl (C=O) groups is 2. The fourth-order valence-corrected chi connectivity index (χ4v) is 6.13. The van der Waals surface area contributed by atoms with Crippen LogP contribution in [0.4, 0.5) is 15.3 Å². The van der Waals surface area contributed by atoms with Gasteiger partial charge < -0.3 is 20.4 Å². The van der Waals surface area contributed by atoms with Crippen molar-refractivity contribution in [2.75, 3.05) is 31.5 Å². The molecule has 0 saturated carbocycles. The van der Waals surface area contributed by atoms with Gasteiger partial charge in [0.1, 0.15) is 4.90 Å². The molecule has 12 heteroatoms.